The van der Waals surface area contributed by atoms with Gasteiger partial charge in [-0.05, 0) is 63.2 Å². The first-order chi connectivity index (χ1) is 14.9. The topological polar surface area (TPSA) is 79.1 Å². The first-order valence-corrected chi connectivity index (χ1v) is 11.1. The molecule has 0 unspecified atom stereocenters. The number of hydrogen-bond acceptors (Lipinski definition) is 6. The molecule has 2 aromatic heterocycles. The summed E-state index contributed by atoms with van der Waals surface area (Å²) in [4.78, 5) is 11.4. The minimum absolute atomic E-state index is 0.115. The van der Waals surface area contributed by atoms with Crippen molar-refractivity contribution in [1.29, 1.82) is 0 Å². The maximum absolute atomic E-state index is 10.1. The van der Waals surface area contributed by atoms with Gasteiger partial charge in [0.1, 0.15) is 11.4 Å². The summed E-state index contributed by atoms with van der Waals surface area (Å²) in [5, 5.41) is 18.8. The Hall–Kier alpha value is -2.64. The van der Waals surface area contributed by atoms with Gasteiger partial charge in [0.05, 0.1) is 11.7 Å². The molecular weight excluding hydrogens is 412 g/mol. The van der Waals surface area contributed by atoms with Gasteiger partial charge < -0.3 is 15.3 Å². The van der Waals surface area contributed by atoms with Gasteiger partial charge in [-0.25, -0.2) is 9.97 Å². The van der Waals surface area contributed by atoms with Gasteiger partial charge in [-0.1, -0.05) is 25.4 Å². The number of benzene rings is 1. The number of likely N-dealkylation sites (tertiary alicyclic amines) is 1. The van der Waals surface area contributed by atoms with Crippen LogP contribution >= 0.6 is 11.6 Å². The highest BCUT2D eigenvalue weighted by Gasteiger charge is 2.23. The molecule has 1 fully saturated rings. The van der Waals surface area contributed by atoms with E-state index in [-0.39, 0.29) is 5.75 Å². The molecule has 0 saturated carbocycles. The van der Waals surface area contributed by atoms with Crippen molar-refractivity contribution in [2.45, 2.75) is 32.7 Å². The molecule has 0 amide bonds. The number of phenolic OH excluding ortho intramolecular Hbond substituents is 1. The minimum Gasteiger partial charge on any atom is -0.508 e. The van der Waals surface area contributed by atoms with Crippen LogP contribution in [0.3, 0.4) is 0 Å². The summed E-state index contributed by atoms with van der Waals surface area (Å²) < 4.78 is 2.05. The predicted molar refractivity (Wildman–Crippen MR) is 124 cm³/mol. The number of phenols is 1. The summed E-state index contributed by atoms with van der Waals surface area (Å²) in [6.07, 6.45) is 5.92. The predicted octanol–water partition coefficient (Wildman–Crippen LogP) is 4.70. The van der Waals surface area contributed by atoms with E-state index in [2.05, 4.69) is 47.0 Å². The first-order valence-electron chi connectivity index (χ1n) is 10.7. The average molecular weight is 441 g/mol. The van der Waals surface area contributed by atoms with Gasteiger partial charge in [0.25, 0.3) is 0 Å². The summed E-state index contributed by atoms with van der Waals surface area (Å²) in [5.74, 6) is 1.20. The molecule has 0 radical (unpaired) electrons. The van der Waals surface area contributed by atoms with Crippen LogP contribution in [0.5, 0.6) is 5.75 Å². The lowest BCUT2D eigenvalue weighted by molar-refractivity contribution is 0.212. The molecule has 7 nitrogen and oxygen atoms in total. The summed E-state index contributed by atoms with van der Waals surface area (Å²) in [7, 11) is 2.15. The Balaban J connectivity index is 1.76. The summed E-state index contributed by atoms with van der Waals surface area (Å²) in [6, 6.07) is 7.26. The number of piperidine rings is 1. The van der Waals surface area contributed by atoms with Crippen molar-refractivity contribution >= 4 is 17.5 Å². The van der Waals surface area contributed by atoms with Crippen molar-refractivity contribution in [2.75, 3.05) is 32.0 Å². The average Bonchev–Trinajstić information content (AvgIpc) is 3.18. The van der Waals surface area contributed by atoms with E-state index in [1.807, 2.05) is 12.1 Å². The van der Waals surface area contributed by atoms with Gasteiger partial charge in [0.15, 0.2) is 0 Å². The largest absolute Gasteiger partial charge is 0.508 e. The zero-order valence-corrected chi connectivity index (χ0v) is 19.0. The van der Waals surface area contributed by atoms with Gasteiger partial charge in [-0.15, -0.1) is 0 Å². The van der Waals surface area contributed by atoms with Crippen molar-refractivity contribution in [3.63, 3.8) is 0 Å². The zero-order valence-electron chi connectivity index (χ0n) is 18.2. The van der Waals surface area contributed by atoms with E-state index in [0.29, 0.717) is 22.9 Å². The molecule has 1 aliphatic heterocycles. The number of aromatic hydroxyl groups is 1. The SMILES string of the molecule is CC(C)CNc1nccc(-c2cn(C3CCN(C)CC3)nc2-c2cc(O)cc(Cl)c2)n1. The van der Waals surface area contributed by atoms with Gasteiger partial charge in [-0.2, -0.15) is 5.10 Å². The first kappa shape index (κ1) is 21.6. The van der Waals surface area contributed by atoms with E-state index in [1.54, 1.807) is 12.3 Å². The Morgan fingerprint density at radius 2 is 2.00 bits per heavy atom. The third-order valence-corrected chi connectivity index (χ3v) is 5.77. The van der Waals surface area contributed by atoms with Crippen molar-refractivity contribution < 1.29 is 5.11 Å². The second-order valence-corrected chi connectivity index (χ2v) is 9.08. The highest BCUT2D eigenvalue weighted by atomic mass is 35.5. The minimum atomic E-state index is 0.115. The lowest BCUT2D eigenvalue weighted by atomic mass is 10.0. The fourth-order valence-electron chi connectivity index (χ4n) is 3.84. The molecular formula is C23H29ClN6O. The molecule has 4 rings (SSSR count). The number of aromatic nitrogens is 4. The molecule has 31 heavy (non-hydrogen) atoms. The van der Waals surface area contributed by atoms with E-state index in [0.717, 1.165) is 55.0 Å². The van der Waals surface area contributed by atoms with Gasteiger partial charge >= 0.3 is 0 Å². The van der Waals surface area contributed by atoms with E-state index in [9.17, 15) is 5.11 Å². The monoisotopic (exact) mass is 440 g/mol. The van der Waals surface area contributed by atoms with Crippen molar-refractivity contribution in [3.8, 4) is 28.3 Å². The number of hydrogen-bond donors (Lipinski definition) is 2. The highest BCUT2D eigenvalue weighted by molar-refractivity contribution is 6.31. The normalized spacial score (nSPS) is 15.5. The molecule has 3 heterocycles. The Labute approximate surface area is 188 Å². The van der Waals surface area contributed by atoms with Crippen molar-refractivity contribution in [2.24, 2.45) is 5.92 Å². The Bertz CT molecular complexity index is 1020. The van der Waals surface area contributed by atoms with Crippen LogP contribution in [0.4, 0.5) is 5.95 Å². The van der Waals surface area contributed by atoms with Crippen molar-refractivity contribution in [3.05, 3.63) is 41.7 Å². The summed E-state index contributed by atoms with van der Waals surface area (Å²) >= 11 is 6.23. The Morgan fingerprint density at radius 1 is 1.23 bits per heavy atom. The number of rotatable bonds is 6. The van der Waals surface area contributed by atoms with Crippen LogP contribution in [0.25, 0.3) is 22.5 Å². The fraction of sp³-hybridized carbons (Fsp3) is 0.435. The number of anilines is 1. The zero-order chi connectivity index (χ0) is 22.0. The van der Waals surface area contributed by atoms with Crippen LogP contribution in [-0.4, -0.2) is 56.4 Å². The number of halogens is 1. The van der Waals surface area contributed by atoms with E-state index >= 15 is 0 Å². The van der Waals surface area contributed by atoms with Crippen LogP contribution in [0.1, 0.15) is 32.7 Å². The molecule has 8 heteroatoms. The van der Waals surface area contributed by atoms with E-state index < -0.39 is 0 Å². The van der Waals surface area contributed by atoms with E-state index in [1.165, 1.54) is 6.07 Å². The second-order valence-electron chi connectivity index (χ2n) is 8.64. The summed E-state index contributed by atoms with van der Waals surface area (Å²) in [6.45, 7) is 7.18. The fourth-order valence-corrected chi connectivity index (χ4v) is 4.07. The molecule has 1 aliphatic rings. The van der Waals surface area contributed by atoms with Crippen LogP contribution in [0, 0.1) is 5.92 Å². The lowest BCUT2D eigenvalue weighted by Gasteiger charge is -2.29. The van der Waals surface area contributed by atoms with Crippen LogP contribution in [0.2, 0.25) is 5.02 Å². The van der Waals surface area contributed by atoms with Crippen LogP contribution < -0.4 is 5.32 Å². The molecule has 2 N–H and O–H groups in total. The smallest absolute Gasteiger partial charge is 0.223 e. The van der Waals surface area contributed by atoms with Gasteiger partial charge in [0, 0.05) is 35.1 Å². The number of nitrogens with one attached hydrogen (secondary N) is 1. The van der Waals surface area contributed by atoms with Crippen LogP contribution in [-0.2, 0) is 0 Å². The van der Waals surface area contributed by atoms with E-state index in [4.69, 9.17) is 21.7 Å². The highest BCUT2D eigenvalue weighted by Crippen LogP contribution is 2.35. The molecule has 0 spiro atoms. The standard InChI is InChI=1S/C23H29ClN6O/c1-15(2)13-26-23-25-7-4-21(27-23)20-14-30(18-5-8-29(3)9-6-18)28-22(20)16-10-17(24)12-19(31)11-16/h4,7,10-12,14-15,18,31H,5-6,8-9,13H2,1-3H3,(H,25,26,27). The van der Waals surface area contributed by atoms with Crippen molar-refractivity contribution in [1.82, 2.24) is 24.6 Å². The third-order valence-electron chi connectivity index (χ3n) is 5.55. The molecule has 0 bridgehead atoms. The maximum Gasteiger partial charge on any atom is 0.223 e. The third kappa shape index (κ3) is 5.17. The molecule has 3 aromatic rings. The van der Waals surface area contributed by atoms with Gasteiger partial charge in [0.2, 0.25) is 5.95 Å². The van der Waals surface area contributed by atoms with Gasteiger partial charge in [-0.3, -0.25) is 4.68 Å². The Kier molecular flexibility index (Phi) is 6.43. The summed E-state index contributed by atoms with van der Waals surface area (Å²) in [5.41, 5.74) is 3.21. The quantitative estimate of drug-likeness (QED) is 0.578. The Morgan fingerprint density at radius 3 is 2.71 bits per heavy atom. The molecule has 0 atom stereocenters. The number of nitrogens with zero attached hydrogens (tertiary/aromatic N) is 5. The van der Waals surface area contributed by atoms with Crippen LogP contribution in [0.15, 0.2) is 36.7 Å². The molecule has 0 aliphatic carbocycles. The molecule has 1 aromatic carbocycles. The lowest BCUT2D eigenvalue weighted by Crippen LogP contribution is -2.31. The molecule has 1 saturated heterocycles. The molecule has 164 valence electrons. The maximum atomic E-state index is 10.1. The second kappa shape index (κ2) is 9.24.